The first-order valence-corrected chi connectivity index (χ1v) is 5.85. The molecule has 5 heteroatoms. The Balaban J connectivity index is 2.65. The van der Waals surface area contributed by atoms with Crippen LogP contribution in [-0.4, -0.2) is 24.6 Å². The van der Waals surface area contributed by atoms with Gasteiger partial charge in [-0.05, 0) is 24.5 Å². The van der Waals surface area contributed by atoms with E-state index in [-0.39, 0.29) is 5.97 Å². The van der Waals surface area contributed by atoms with Crippen LogP contribution in [0.15, 0.2) is 18.2 Å². The Hall–Kier alpha value is -1.36. The monoisotopic (exact) mass is 226 g/mol. The zero-order chi connectivity index (χ0) is 11.3. The molecule has 82 valence electrons. The van der Waals surface area contributed by atoms with Crippen LogP contribution in [-0.2, 0) is 4.74 Å². The van der Waals surface area contributed by atoms with E-state index < -0.39 is 0 Å². The molecule has 0 atom stereocenters. The molecule has 0 radical (unpaired) electrons. The minimum Gasteiger partial charge on any atom is -0.461 e. The van der Waals surface area contributed by atoms with Gasteiger partial charge in [0, 0.05) is 17.1 Å². The van der Waals surface area contributed by atoms with Gasteiger partial charge in [0.2, 0.25) is 0 Å². The van der Waals surface area contributed by atoms with Crippen molar-refractivity contribution in [1.29, 1.82) is 0 Å². The number of rotatable bonds is 4. The van der Waals surface area contributed by atoms with E-state index in [9.17, 15) is 4.79 Å². The van der Waals surface area contributed by atoms with E-state index in [1.807, 2.05) is 6.26 Å². The fourth-order valence-electron chi connectivity index (χ4n) is 1.10. The van der Waals surface area contributed by atoms with Crippen molar-refractivity contribution in [3.63, 3.8) is 0 Å². The summed E-state index contributed by atoms with van der Waals surface area (Å²) >= 11 is 1.62. The Labute approximate surface area is 93.0 Å². The average molecular weight is 226 g/mol. The molecular weight excluding hydrogens is 212 g/mol. The number of nitrogens with two attached hydrogens (primary N) is 2. The second kappa shape index (κ2) is 5.50. The maximum Gasteiger partial charge on any atom is 0.338 e. The maximum atomic E-state index is 11.5. The summed E-state index contributed by atoms with van der Waals surface area (Å²) in [5, 5.41) is 0. The number of hydrogen-bond acceptors (Lipinski definition) is 5. The summed E-state index contributed by atoms with van der Waals surface area (Å²) in [5.41, 5.74) is 12.4. The molecule has 4 nitrogen and oxygen atoms in total. The van der Waals surface area contributed by atoms with Crippen molar-refractivity contribution in [2.45, 2.75) is 0 Å². The molecular formula is C10H14N2O2S. The molecule has 0 aliphatic carbocycles. The summed E-state index contributed by atoms with van der Waals surface area (Å²) < 4.78 is 5.01. The highest BCUT2D eigenvalue weighted by molar-refractivity contribution is 7.98. The summed E-state index contributed by atoms with van der Waals surface area (Å²) in [4.78, 5) is 11.5. The van der Waals surface area contributed by atoms with Gasteiger partial charge in [0.15, 0.2) is 0 Å². The molecule has 0 heterocycles. The first kappa shape index (κ1) is 11.7. The number of anilines is 2. The Bertz CT molecular complexity index is 335. The van der Waals surface area contributed by atoms with E-state index in [2.05, 4.69) is 0 Å². The second-order valence-electron chi connectivity index (χ2n) is 3.02. The second-order valence-corrected chi connectivity index (χ2v) is 4.00. The Morgan fingerprint density at radius 1 is 1.33 bits per heavy atom. The van der Waals surface area contributed by atoms with Gasteiger partial charge in [-0.3, -0.25) is 0 Å². The zero-order valence-electron chi connectivity index (χ0n) is 8.53. The fraction of sp³-hybridized carbons (Fsp3) is 0.300. The van der Waals surface area contributed by atoms with Crippen LogP contribution in [0.5, 0.6) is 0 Å². The summed E-state index contributed by atoms with van der Waals surface area (Å²) in [7, 11) is 0. The molecule has 0 aliphatic heterocycles. The topological polar surface area (TPSA) is 78.3 Å². The van der Waals surface area contributed by atoms with Crippen molar-refractivity contribution in [2.24, 2.45) is 0 Å². The third-order valence-electron chi connectivity index (χ3n) is 1.73. The van der Waals surface area contributed by atoms with Crippen LogP contribution < -0.4 is 11.5 Å². The van der Waals surface area contributed by atoms with Crippen LogP contribution in [0.4, 0.5) is 11.4 Å². The largest absolute Gasteiger partial charge is 0.461 e. The van der Waals surface area contributed by atoms with Gasteiger partial charge in [-0.25, -0.2) is 4.79 Å². The molecule has 0 aromatic heterocycles. The van der Waals surface area contributed by atoms with Crippen molar-refractivity contribution >= 4 is 29.1 Å². The molecule has 0 unspecified atom stereocenters. The third kappa shape index (κ3) is 3.71. The van der Waals surface area contributed by atoms with E-state index in [4.69, 9.17) is 16.2 Å². The van der Waals surface area contributed by atoms with Gasteiger partial charge in [0.25, 0.3) is 0 Å². The van der Waals surface area contributed by atoms with Gasteiger partial charge >= 0.3 is 5.97 Å². The summed E-state index contributed by atoms with van der Waals surface area (Å²) in [6.45, 7) is 0.398. The number of ether oxygens (including phenoxy) is 1. The molecule has 0 spiro atoms. The number of nitrogen functional groups attached to an aromatic ring is 2. The lowest BCUT2D eigenvalue weighted by Crippen LogP contribution is -2.08. The lowest BCUT2D eigenvalue weighted by Gasteiger charge is -2.05. The minimum atomic E-state index is -0.386. The highest BCUT2D eigenvalue weighted by Gasteiger charge is 2.08. The smallest absolute Gasteiger partial charge is 0.338 e. The molecule has 4 N–H and O–H groups in total. The number of esters is 1. The van der Waals surface area contributed by atoms with Crippen LogP contribution in [0, 0.1) is 0 Å². The summed E-state index contributed by atoms with van der Waals surface area (Å²) in [6, 6.07) is 4.70. The summed E-state index contributed by atoms with van der Waals surface area (Å²) in [6.07, 6.45) is 1.95. The van der Waals surface area contributed by atoms with E-state index in [1.165, 1.54) is 0 Å². The van der Waals surface area contributed by atoms with Crippen LogP contribution in [0.1, 0.15) is 10.4 Å². The minimum absolute atomic E-state index is 0.386. The first-order valence-electron chi connectivity index (χ1n) is 4.45. The molecule has 1 aromatic rings. The van der Waals surface area contributed by atoms with Gasteiger partial charge < -0.3 is 16.2 Å². The van der Waals surface area contributed by atoms with Crippen molar-refractivity contribution in [1.82, 2.24) is 0 Å². The standard InChI is InChI=1S/C10H14N2O2S/c1-15-3-2-14-10(13)7-4-8(11)6-9(12)5-7/h4-6H,2-3,11-12H2,1H3. The van der Waals surface area contributed by atoms with E-state index >= 15 is 0 Å². The molecule has 0 bridgehead atoms. The van der Waals surface area contributed by atoms with E-state index in [1.54, 1.807) is 30.0 Å². The van der Waals surface area contributed by atoms with Crippen LogP contribution in [0.2, 0.25) is 0 Å². The number of carbonyl (C=O) groups is 1. The van der Waals surface area contributed by atoms with E-state index in [0.29, 0.717) is 23.5 Å². The van der Waals surface area contributed by atoms with Crippen LogP contribution in [0.25, 0.3) is 0 Å². The Morgan fingerprint density at radius 3 is 2.47 bits per heavy atom. The van der Waals surface area contributed by atoms with Crippen molar-refractivity contribution in [3.05, 3.63) is 23.8 Å². The molecule has 0 aliphatic rings. The number of hydrogen-bond donors (Lipinski definition) is 2. The molecule has 1 aromatic carbocycles. The predicted molar refractivity (Wildman–Crippen MR) is 63.9 cm³/mol. The Morgan fingerprint density at radius 2 is 1.93 bits per heavy atom. The van der Waals surface area contributed by atoms with Crippen molar-refractivity contribution < 1.29 is 9.53 Å². The van der Waals surface area contributed by atoms with Crippen molar-refractivity contribution in [2.75, 3.05) is 30.1 Å². The third-order valence-corrected chi connectivity index (χ3v) is 2.31. The van der Waals surface area contributed by atoms with Crippen LogP contribution >= 0.6 is 11.8 Å². The van der Waals surface area contributed by atoms with Crippen molar-refractivity contribution in [3.8, 4) is 0 Å². The maximum absolute atomic E-state index is 11.5. The first-order chi connectivity index (χ1) is 7.13. The predicted octanol–water partition coefficient (Wildman–Crippen LogP) is 1.37. The molecule has 1 rings (SSSR count). The van der Waals surface area contributed by atoms with Gasteiger partial charge in [0.1, 0.15) is 6.61 Å². The number of thioether (sulfide) groups is 1. The van der Waals surface area contributed by atoms with Crippen LogP contribution in [0.3, 0.4) is 0 Å². The van der Waals surface area contributed by atoms with E-state index in [0.717, 1.165) is 5.75 Å². The van der Waals surface area contributed by atoms with Gasteiger partial charge in [0.05, 0.1) is 5.56 Å². The van der Waals surface area contributed by atoms with Gasteiger partial charge in [-0.2, -0.15) is 11.8 Å². The molecule has 0 amide bonds. The fourth-order valence-corrected chi connectivity index (χ4v) is 1.35. The lowest BCUT2D eigenvalue weighted by atomic mass is 10.2. The van der Waals surface area contributed by atoms with Gasteiger partial charge in [-0.15, -0.1) is 0 Å². The SMILES string of the molecule is CSCCOC(=O)c1cc(N)cc(N)c1. The highest BCUT2D eigenvalue weighted by atomic mass is 32.2. The normalized spacial score (nSPS) is 9.93. The average Bonchev–Trinajstić information content (AvgIpc) is 2.16. The number of benzene rings is 1. The Kier molecular flexibility index (Phi) is 4.30. The zero-order valence-corrected chi connectivity index (χ0v) is 9.34. The molecule has 0 saturated carbocycles. The number of carbonyl (C=O) groups excluding carboxylic acids is 1. The molecule has 15 heavy (non-hydrogen) atoms. The molecule has 0 saturated heterocycles. The highest BCUT2D eigenvalue weighted by Crippen LogP contribution is 2.14. The lowest BCUT2D eigenvalue weighted by molar-refractivity contribution is 0.0530. The molecule has 0 fully saturated rings. The summed E-state index contributed by atoms with van der Waals surface area (Å²) in [5.74, 6) is 0.395. The van der Waals surface area contributed by atoms with Gasteiger partial charge in [-0.1, -0.05) is 0 Å². The quantitative estimate of drug-likeness (QED) is 0.460.